The zero-order valence-electron chi connectivity index (χ0n) is 14.0. The molecule has 128 valence electrons. The highest BCUT2D eigenvalue weighted by molar-refractivity contribution is 4.50. The van der Waals surface area contributed by atoms with Crippen LogP contribution < -0.4 is 0 Å². The average molecular weight is 302 g/mol. The van der Waals surface area contributed by atoms with Gasteiger partial charge < -0.3 is 5.11 Å². The summed E-state index contributed by atoms with van der Waals surface area (Å²) in [5.74, 6) is 0. The van der Waals surface area contributed by atoms with Crippen molar-refractivity contribution in [1.29, 1.82) is 0 Å². The first-order valence-electron chi connectivity index (χ1n) is 9.29. The molecule has 21 heavy (non-hydrogen) atoms. The van der Waals surface area contributed by atoms with Gasteiger partial charge in [0.25, 0.3) is 0 Å². The van der Waals surface area contributed by atoms with Crippen molar-refractivity contribution < 1.29 is 15.3 Å². The van der Waals surface area contributed by atoms with Crippen LogP contribution in [0.1, 0.15) is 103 Å². The largest absolute Gasteiger partial charge is 0.396 e. The Morgan fingerprint density at radius 2 is 0.714 bits per heavy atom. The van der Waals surface area contributed by atoms with Crippen LogP contribution in [-0.4, -0.2) is 23.6 Å². The van der Waals surface area contributed by atoms with Crippen molar-refractivity contribution in [3.05, 3.63) is 0 Å². The molecule has 3 heteroatoms. The highest BCUT2D eigenvalue weighted by atomic mass is 17.1. The number of rotatable bonds is 18. The Labute approximate surface area is 132 Å². The number of aliphatic hydroxyl groups is 1. The summed E-state index contributed by atoms with van der Waals surface area (Å²) in [4.78, 5) is 4.06. The van der Waals surface area contributed by atoms with E-state index in [1.54, 1.807) is 0 Å². The number of hydrogen-bond acceptors (Lipinski definition) is 3. The van der Waals surface area contributed by atoms with Gasteiger partial charge >= 0.3 is 0 Å². The lowest BCUT2D eigenvalue weighted by Gasteiger charge is -2.03. The minimum atomic E-state index is 0.358. The van der Waals surface area contributed by atoms with Gasteiger partial charge in [0.15, 0.2) is 0 Å². The molecule has 0 saturated heterocycles. The van der Waals surface area contributed by atoms with E-state index in [1.165, 1.54) is 89.9 Å². The van der Waals surface area contributed by atoms with Crippen LogP contribution in [0.2, 0.25) is 0 Å². The van der Waals surface area contributed by atoms with Crippen LogP contribution in [0.5, 0.6) is 0 Å². The van der Waals surface area contributed by atoms with Crippen LogP contribution in [0, 0.1) is 0 Å². The second kappa shape index (κ2) is 19.9. The number of unbranched alkanes of at least 4 members (excludes halogenated alkanes) is 15. The van der Waals surface area contributed by atoms with Gasteiger partial charge in [-0.05, 0) is 12.8 Å². The summed E-state index contributed by atoms with van der Waals surface area (Å²) in [6.45, 7) is 0.846. The Kier molecular flexibility index (Phi) is 19.8. The molecule has 0 bridgehead atoms. The third-order valence-corrected chi connectivity index (χ3v) is 4.14. The van der Waals surface area contributed by atoms with Gasteiger partial charge in [0.1, 0.15) is 0 Å². The maximum Gasteiger partial charge on any atom is 0.0819 e. The summed E-state index contributed by atoms with van der Waals surface area (Å²) < 4.78 is 0. The minimum Gasteiger partial charge on any atom is -0.396 e. The highest BCUT2D eigenvalue weighted by Crippen LogP contribution is 2.13. The summed E-state index contributed by atoms with van der Waals surface area (Å²) >= 11 is 0. The Morgan fingerprint density at radius 1 is 0.429 bits per heavy atom. The van der Waals surface area contributed by atoms with Gasteiger partial charge in [0.2, 0.25) is 0 Å². The zero-order valence-corrected chi connectivity index (χ0v) is 14.0. The molecule has 0 saturated carbocycles. The van der Waals surface area contributed by atoms with E-state index >= 15 is 0 Å². The smallest absolute Gasteiger partial charge is 0.0819 e. The van der Waals surface area contributed by atoms with Crippen LogP contribution in [-0.2, 0) is 4.89 Å². The fraction of sp³-hybridized carbons (Fsp3) is 1.00. The summed E-state index contributed by atoms with van der Waals surface area (Å²) in [7, 11) is 0. The molecule has 0 aliphatic carbocycles. The molecule has 0 fully saturated rings. The van der Waals surface area contributed by atoms with Crippen molar-refractivity contribution >= 4 is 0 Å². The first-order valence-corrected chi connectivity index (χ1v) is 9.29. The predicted octanol–water partition coefficient (Wildman–Crippen LogP) is 5.71. The quantitative estimate of drug-likeness (QED) is 0.194. The molecule has 0 aromatic rings. The molecule has 3 nitrogen and oxygen atoms in total. The third-order valence-electron chi connectivity index (χ3n) is 4.14. The molecule has 0 aromatic carbocycles. The lowest BCUT2D eigenvalue weighted by atomic mass is 10.0. The van der Waals surface area contributed by atoms with Crippen LogP contribution in [0.4, 0.5) is 0 Å². The first-order chi connectivity index (χ1) is 10.4. The molecule has 0 aliphatic heterocycles. The first kappa shape index (κ1) is 20.9. The van der Waals surface area contributed by atoms with Crippen LogP contribution in [0.15, 0.2) is 0 Å². The molecule has 0 radical (unpaired) electrons. The van der Waals surface area contributed by atoms with E-state index in [4.69, 9.17) is 10.4 Å². The predicted molar refractivity (Wildman–Crippen MR) is 89.5 cm³/mol. The fourth-order valence-corrected chi connectivity index (χ4v) is 2.75. The molecule has 0 heterocycles. The van der Waals surface area contributed by atoms with Crippen molar-refractivity contribution in [1.82, 2.24) is 0 Å². The monoisotopic (exact) mass is 302 g/mol. The van der Waals surface area contributed by atoms with E-state index < -0.39 is 0 Å². The second-order valence-corrected chi connectivity index (χ2v) is 6.21. The number of hydrogen-bond donors (Lipinski definition) is 2. The zero-order chi connectivity index (χ0) is 15.4. The molecule has 0 unspecified atom stereocenters. The second-order valence-electron chi connectivity index (χ2n) is 6.21. The SMILES string of the molecule is OCCCCCCCCCCCCCCCCCCOO. The van der Waals surface area contributed by atoms with Crippen molar-refractivity contribution in [2.24, 2.45) is 0 Å². The van der Waals surface area contributed by atoms with E-state index in [0.717, 1.165) is 12.8 Å². The van der Waals surface area contributed by atoms with E-state index in [9.17, 15) is 0 Å². The summed E-state index contributed by atoms with van der Waals surface area (Å²) in [5.41, 5.74) is 0. The van der Waals surface area contributed by atoms with Crippen LogP contribution >= 0.6 is 0 Å². The molecule has 2 N–H and O–H groups in total. The van der Waals surface area contributed by atoms with Gasteiger partial charge in [-0.1, -0.05) is 89.9 Å². The van der Waals surface area contributed by atoms with Gasteiger partial charge in [-0.2, -0.15) is 0 Å². The molecule has 0 rings (SSSR count). The minimum absolute atomic E-state index is 0.358. The van der Waals surface area contributed by atoms with E-state index in [-0.39, 0.29) is 0 Å². The standard InChI is InChI=1S/C18H38O3/c19-17-15-13-11-9-7-5-3-1-2-4-6-8-10-12-14-16-18-21-20/h19-20H,1-18H2. The van der Waals surface area contributed by atoms with Crippen molar-refractivity contribution in [3.8, 4) is 0 Å². The Bertz CT molecular complexity index is 156. The molecular formula is C18H38O3. The Hall–Kier alpha value is -0.120. The summed E-state index contributed by atoms with van der Waals surface area (Å²) in [6.07, 6.45) is 20.7. The van der Waals surface area contributed by atoms with Gasteiger partial charge in [-0.25, -0.2) is 4.89 Å². The molecule has 0 spiro atoms. The Balaban J connectivity index is 2.90. The fourth-order valence-electron chi connectivity index (χ4n) is 2.75. The van der Waals surface area contributed by atoms with Crippen LogP contribution in [0.25, 0.3) is 0 Å². The summed E-state index contributed by atoms with van der Waals surface area (Å²) in [5, 5.41) is 16.9. The Morgan fingerprint density at radius 3 is 1.00 bits per heavy atom. The molecule has 0 atom stereocenters. The van der Waals surface area contributed by atoms with E-state index in [0.29, 0.717) is 13.2 Å². The van der Waals surface area contributed by atoms with Crippen molar-refractivity contribution in [3.63, 3.8) is 0 Å². The van der Waals surface area contributed by atoms with Crippen LogP contribution in [0.3, 0.4) is 0 Å². The molecule has 0 aromatic heterocycles. The maximum atomic E-state index is 8.68. The third kappa shape index (κ3) is 19.9. The van der Waals surface area contributed by atoms with Gasteiger partial charge in [-0.15, -0.1) is 0 Å². The van der Waals surface area contributed by atoms with Crippen molar-refractivity contribution in [2.75, 3.05) is 13.2 Å². The highest BCUT2D eigenvalue weighted by Gasteiger charge is 1.94. The van der Waals surface area contributed by atoms with Gasteiger partial charge in [-0.3, -0.25) is 5.26 Å². The van der Waals surface area contributed by atoms with E-state index in [1.807, 2.05) is 0 Å². The normalized spacial score (nSPS) is 11.1. The number of aliphatic hydroxyl groups excluding tert-OH is 1. The topological polar surface area (TPSA) is 49.7 Å². The molecule has 0 aliphatic rings. The molecule has 0 amide bonds. The molecular weight excluding hydrogens is 264 g/mol. The summed E-state index contributed by atoms with van der Waals surface area (Å²) in [6, 6.07) is 0. The average Bonchev–Trinajstić information content (AvgIpc) is 2.50. The lowest BCUT2D eigenvalue weighted by Crippen LogP contribution is -1.88. The maximum absolute atomic E-state index is 8.68. The van der Waals surface area contributed by atoms with Gasteiger partial charge in [0, 0.05) is 6.61 Å². The van der Waals surface area contributed by atoms with E-state index in [2.05, 4.69) is 4.89 Å². The van der Waals surface area contributed by atoms with Gasteiger partial charge in [0.05, 0.1) is 6.61 Å². The lowest BCUT2D eigenvalue weighted by molar-refractivity contribution is -0.242. The van der Waals surface area contributed by atoms with Crippen molar-refractivity contribution in [2.45, 2.75) is 103 Å².